The first kappa shape index (κ1) is 14.8. The Kier molecular flexibility index (Phi) is 4.30. The monoisotopic (exact) mass is 314 g/mol. The Morgan fingerprint density at radius 3 is 2.35 bits per heavy atom. The van der Waals surface area contributed by atoms with Crippen LogP contribution in [0.2, 0.25) is 5.02 Å². The van der Waals surface area contributed by atoms with Crippen molar-refractivity contribution < 1.29 is 17.5 Å². The fourth-order valence-corrected chi connectivity index (χ4v) is 2.44. The summed E-state index contributed by atoms with van der Waals surface area (Å²) in [5.41, 5.74) is 0.653. The molecule has 20 heavy (non-hydrogen) atoms. The third-order valence-corrected chi connectivity index (χ3v) is 4.14. The van der Waals surface area contributed by atoms with E-state index in [1.165, 1.54) is 24.3 Å². The first-order chi connectivity index (χ1) is 9.36. The summed E-state index contributed by atoms with van der Waals surface area (Å²) in [6.07, 6.45) is 1.14. The lowest BCUT2D eigenvalue weighted by atomic mass is 10.2. The molecule has 0 saturated carbocycles. The molecular weight excluding hydrogens is 303 g/mol. The first-order valence-corrected chi connectivity index (χ1v) is 8.00. The Bertz CT molecular complexity index is 712. The topological polar surface area (TPSA) is 43.4 Å². The summed E-state index contributed by atoms with van der Waals surface area (Å²) in [5.74, 6) is 0.106. The van der Waals surface area contributed by atoms with Crippen LogP contribution in [0.5, 0.6) is 5.75 Å². The van der Waals surface area contributed by atoms with Gasteiger partial charge in [0.1, 0.15) is 18.2 Å². The van der Waals surface area contributed by atoms with Gasteiger partial charge in [0.2, 0.25) is 0 Å². The minimum Gasteiger partial charge on any atom is -0.489 e. The maximum absolute atomic E-state index is 12.9. The number of halogens is 2. The molecule has 2 aromatic carbocycles. The highest BCUT2D eigenvalue weighted by Gasteiger charge is 2.07. The maximum Gasteiger partial charge on any atom is 0.175 e. The normalized spacial score (nSPS) is 11.3. The molecule has 0 aliphatic rings. The summed E-state index contributed by atoms with van der Waals surface area (Å²) < 4.78 is 41.0. The third-order valence-electron chi connectivity index (χ3n) is 2.66. The van der Waals surface area contributed by atoms with Crippen molar-refractivity contribution in [1.29, 1.82) is 0 Å². The van der Waals surface area contributed by atoms with Crippen molar-refractivity contribution in [3.8, 4) is 5.75 Å². The highest BCUT2D eigenvalue weighted by molar-refractivity contribution is 7.90. The summed E-state index contributed by atoms with van der Waals surface area (Å²) >= 11 is 5.88. The van der Waals surface area contributed by atoms with E-state index < -0.39 is 15.7 Å². The van der Waals surface area contributed by atoms with Crippen LogP contribution in [-0.2, 0) is 16.4 Å². The van der Waals surface area contributed by atoms with Gasteiger partial charge < -0.3 is 4.74 Å². The maximum atomic E-state index is 12.9. The van der Waals surface area contributed by atoms with Gasteiger partial charge in [0.15, 0.2) is 9.84 Å². The highest BCUT2D eigenvalue weighted by atomic mass is 35.5. The summed E-state index contributed by atoms with van der Waals surface area (Å²) in [4.78, 5) is 0.227. The molecule has 0 spiro atoms. The number of ether oxygens (including phenoxy) is 1. The Morgan fingerprint density at radius 1 is 1.15 bits per heavy atom. The van der Waals surface area contributed by atoms with Gasteiger partial charge in [-0.1, -0.05) is 17.7 Å². The van der Waals surface area contributed by atoms with E-state index in [4.69, 9.17) is 16.3 Å². The van der Waals surface area contributed by atoms with E-state index in [9.17, 15) is 12.8 Å². The molecule has 0 fully saturated rings. The molecule has 0 amide bonds. The van der Waals surface area contributed by atoms with Crippen molar-refractivity contribution in [2.75, 3.05) is 6.26 Å². The standard InChI is InChI=1S/C14H12ClFO3S/c1-20(17,18)13-6-4-12(5-7-13)19-9-10-2-3-11(16)8-14(10)15/h2-8H,9H2,1H3. The van der Waals surface area contributed by atoms with Gasteiger partial charge in [0.25, 0.3) is 0 Å². The van der Waals surface area contributed by atoms with Crippen molar-refractivity contribution in [1.82, 2.24) is 0 Å². The molecule has 0 aliphatic carbocycles. The molecule has 106 valence electrons. The molecule has 0 atom stereocenters. The van der Waals surface area contributed by atoms with Crippen LogP contribution in [0.3, 0.4) is 0 Å². The summed E-state index contributed by atoms with van der Waals surface area (Å²) in [7, 11) is -3.22. The van der Waals surface area contributed by atoms with Crippen LogP contribution in [0.25, 0.3) is 0 Å². The van der Waals surface area contributed by atoms with Gasteiger partial charge in [-0.2, -0.15) is 0 Å². The summed E-state index contributed by atoms with van der Waals surface area (Å²) in [5, 5.41) is 0.290. The molecule has 2 aromatic rings. The second kappa shape index (κ2) is 5.81. The van der Waals surface area contributed by atoms with Gasteiger partial charge >= 0.3 is 0 Å². The lowest BCUT2D eigenvalue weighted by molar-refractivity contribution is 0.306. The van der Waals surface area contributed by atoms with Crippen molar-refractivity contribution in [2.45, 2.75) is 11.5 Å². The minimum absolute atomic E-state index is 0.178. The summed E-state index contributed by atoms with van der Waals surface area (Å²) in [6, 6.07) is 10.1. The molecule has 0 unspecified atom stereocenters. The van der Waals surface area contributed by atoms with E-state index in [0.717, 1.165) is 6.26 Å². The lowest BCUT2D eigenvalue weighted by Crippen LogP contribution is -1.99. The van der Waals surface area contributed by atoms with Gasteiger partial charge in [-0.15, -0.1) is 0 Å². The molecule has 0 aromatic heterocycles. The average molecular weight is 315 g/mol. The van der Waals surface area contributed by atoms with Crippen LogP contribution in [0.15, 0.2) is 47.4 Å². The van der Waals surface area contributed by atoms with Crippen LogP contribution in [0.1, 0.15) is 5.56 Å². The van der Waals surface area contributed by atoms with E-state index in [2.05, 4.69) is 0 Å². The minimum atomic E-state index is -3.22. The SMILES string of the molecule is CS(=O)(=O)c1ccc(OCc2ccc(F)cc2Cl)cc1. The molecule has 2 rings (SSSR count). The van der Waals surface area contributed by atoms with Gasteiger partial charge in [-0.3, -0.25) is 0 Å². The molecule has 0 aliphatic heterocycles. The van der Waals surface area contributed by atoms with Crippen LogP contribution in [-0.4, -0.2) is 14.7 Å². The largest absolute Gasteiger partial charge is 0.489 e. The van der Waals surface area contributed by atoms with Crippen molar-refractivity contribution in [2.24, 2.45) is 0 Å². The van der Waals surface area contributed by atoms with Crippen molar-refractivity contribution in [3.05, 3.63) is 58.9 Å². The fourth-order valence-electron chi connectivity index (χ4n) is 1.58. The Morgan fingerprint density at radius 2 is 1.80 bits per heavy atom. The average Bonchev–Trinajstić information content (AvgIpc) is 2.37. The van der Waals surface area contributed by atoms with Crippen LogP contribution < -0.4 is 4.74 Å². The van der Waals surface area contributed by atoms with E-state index in [1.807, 2.05) is 0 Å². The number of hydrogen-bond donors (Lipinski definition) is 0. The second-order valence-electron chi connectivity index (χ2n) is 4.27. The zero-order valence-electron chi connectivity index (χ0n) is 10.6. The molecule has 6 heteroatoms. The third kappa shape index (κ3) is 3.71. The molecular formula is C14H12ClFO3S. The predicted molar refractivity (Wildman–Crippen MR) is 75.3 cm³/mol. The summed E-state index contributed by atoms with van der Waals surface area (Å²) in [6.45, 7) is 0.178. The predicted octanol–water partition coefficient (Wildman–Crippen LogP) is 3.46. The molecule has 0 N–H and O–H groups in total. The highest BCUT2D eigenvalue weighted by Crippen LogP contribution is 2.21. The number of rotatable bonds is 4. The van der Waals surface area contributed by atoms with Gasteiger partial charge in [-0.05, 0) is 36.4 Å². The fraction of sp³-hybridized carbons (Fsp3) is 0.143. The zero-order chi connectivity index (χ0) is 14.8. The first-order valence-electron chi connectivity index (χ1n) is 5.73. The molecule has 0 bridgehead atoms. The molecule has 0 saturated heterocycles. The van der Waals surface area contributed by atoms with E-state index in [1.54, 1.807) is 18.2 Å². The lowest BCUT2D eigenvalue weighted by Gasteiger charge is -2.08. The number of sulfone groups is 1. The van der Waals surface area contributed by atoms with Crippen molar-refractivity contribution >= 4 is 21.4 Å². The van der Waals surface area contributed by atoms with Crippen LogP contribution >= 0.6 is 11.6 Å². The van der Waals surface area contributed by atoms with Crippen LogP contribution in [0, 0.1) is 5.82 Å². The Balaban J connectivity index is 2.08. The second-order valence-corrected chi connectivity index (χ2v) is 6.69. The zero-order valence-corrected chi connectivity index (χ0v) is 12.2. The van der Waals surface area contributed by atoms with Gasteiger partial charge in [0.05, 0.1) is 9.92 Å². The quantitative estimate of drug-likeness (QED) is 0.868. The molecule has 0 heterocycles. The molecule has 0 radical (unpaired) electrons. The number of hydrogen-bond acceptors (Lipinski definition) is 3. The van der Waals surface area contributed by atoms with Crippen LogP contribution in [0.4, 0.5) is 4.39 Å². The number of benzene rings is 2. The molecule has 3 nitrogen and oxygen atoms in total. The van der Waals surface area contributed by atoms with Gasteiger partial charge in [0, 0.05) is 11.8 Å². The smallest absolute Gasteiger partial charge is 0.175 e. The van der Waals surface area contributed by atoms with Gasteiger partial charge in [-0.25, -0.2) is 12.8 Å². The van der Waals surface area contributed by atoms with E-state index >= 15 is 0 Å². The van der Waals surface area contributed by atoms with E-state index in [0.29, 0.717) is 11.3 Å². The van der Waals surface area contributed by atoms with E-state index in [-0.39, 0.29) is 16.5 Å². The van der Waals surface area contributed by atoms with Crippen molar-refractivity contribution in [3.63, 3.8) is 0 Å². The Hall–Kier alpha value is -1.59. The Labute approximate surface area is 121 Å².